The van der Waals surface area contributed by atoms with E-state index in [2.05, 4.69) is 76.9 Å². The number of fused-ring (bicyclic) bond motifs is 2. The molecule has 2 aliphatic carbocycles. The summed E-state index contributed by atoms with van der Waals surface area (Å²) in [6.45, 7) is 7.32. The van der Waals surface area contributed by atoms with E-state index < -0.39 is 0 Å². The predicted octanol–water partition coefficient (Wildman–Crippen LogP) is 6.12. The van der Waals surface area contributed by atoms with Gasteiger partial charge in [0.2, 0.25) is 0 Å². The summed E-state index contributed by atoms with van der Waals surface area (Å²) in [5, 5.41) is 0.848. The van der Waals surface area contributed by atoms with E-state index in [1.54, 1.807) is 0 Å². The Kier molecular flexibility index (Phi) is 4.31. The molecule has 0 aromatic heterocycles. The van der Waals surface area contributed by atoms with Crippen molar-refractivity contribution in [1.29, 1.82) is 0 Å². The van der Waals surface area contributed by atoms with Gasteiger partial charge in [0.05, 0.1) is 12.2 Å². The van der Waals surface area contributed by atoms with Gasteiger partial charge in [-0.2, -0.15) is 0 Å². The summed E-state index contributed by atoms with van der Waals surface area (Å²) in [5.74, 6) is 0.825. The van der Waals surface area contributed by atoms with Crippen LogP contribution < -0.4 is 0 Å². The molecule has 2 saturated carbocycles. The largest absolute Gasteiger partial charge is 0.369 e. The van der Waals surface area contributed by atoms with Gasteiger partial charge in [-0.25, -0.2) is 0 Å². The zero-order valence-electron chi connectivity index (χ0n) is 13.0. The Morgan fingerprint density at radius 2 is 2.10 bits per heavy atom. The maximum Gasteiger partial charge on any atom is 0.0926 e. The molecule has 0 amide bonds. The Hall–Kier alpha value is 0.140. The third kappa shape index (κ3) is 2.53. The second kappa shape index (κ2) is 5.65. The van der Waals surface area contributed by atoms with E-state index in [1.165, 1.54) is 24.8 Å². The highest BCUT2D eigenvalue weighted by Gasteiger charge is 2.62. The molecule has 1 aromatic carbocycles. The Morgan fingerprint density at radius 3 is 2.62 bits per heavy atom. The Labute approximate surface area is 145 Å². The van der Waals surface area contributed by atoms with E-state index in [-0.39, 0.29) is 6.10 Å². The highest BCUT2D eigenvalue weighted by atomic mass is 79.9. The molecule has 4 unspecified atom stereocenters. The summed E-state index contributed by atoms with van der Waals surface area (Å²) < 4.78 is 7.73. The van der Waals surface area contributed by atoms with Gasteiger partial charge >= 0.3 is 0 Å². The standard InChI is InChI=1S/C18H24Br2O/c1-17(2)13-7-8-18(17,3)16(10-13)21-15(11-19)12-5-4-6-14(20)9-12/h4-6,9,13,15-16H,7-8,10-11H2,1-3H3. The van der Waals surface area contributed by atoms with Crippen LogP contribution in [-0.2, 0) is 4.74 Å². The van der Waals surface area contributed by atoms with Crippen molar-refractivity contribution < 1.29 is 4.74 Å². The van der Waals surface area contributed by atoms with E-state index in [0.717, 1.165) is 15.7 Å². The molecule has 2 fully saturated rings. The van der Waals surface area contributed by atoms with Crippen LogP contribution in [0.4, 0.5) is 0 Å². The van der Waals surface area contributed by atoms with Crippen LogP contribution in [0.2, 0.25) is 0 Å². The second-order valence-electron chi connectivity index (χ2n) is 7.43. The van der Waals surface area contributed by atoms with Crippen molar-refractivity contribution in [2.45, 2.75) is 52.2 Å². The molecule has 3 rings (SSSR count). The molecule has 116 valence electrons. The minimum Gasteiger partial charge on any atom is -0.369 e. The maximum absolute atomic E-state index is 6.61. The first kappa shape index (κ1) is 16.0. The van der Waals surface area contributed by atoms with Gasteiger partial charge < -0.3 is 4.74 Å². The summed E-state index contributed by atoms with van der Waals surface area (Å²) in [4.78, 5) is 0. The average molecular weight is 416 g/mol. The Bertz CT molecular complexity index is 528. The summed E-state index contributed by atoms with van der Waals surface area (Å²) >= 11 is 7.21. The molecule has 3 heteroatoms. The number of hydrogen-bond acceptors (Lipinski definition) is 1. The lowest BCUT2D eigenvalue weighted by molar-refractivity contribution is -0.0798. The normalized spacial score (nSPS) is 35.1. The molecule has 0 radical (unpaired) electrons. The van der Waals surface area contributed by atoms with Crippen molar-refractivity contribution in [2.75, 3.05) is 5.33 Å². The fourth-order valence-electron chi connectivity index (χ4n) is 4.45. The van der Waals surface area contributed by atoms with Gasteiger partial charge in [0.25, 0.3) is 0 Å². The zero-order valence-corrected chi connectivity index (χ0v) is 16.2. The first-order valence-corrected chi connectivity index (χ1v) is 9.77. The number of benzene rings is 1. The van der Waals surface area contributed by atoms with Crippen LogP contribution in [0.15, 0.2) is 28.7 Å². The lowest BCUT2D eigenvalue weighted by Gasteiger charge is -2.40. The van der Waals surface area contributed by atoms with Crippen molar-refractivity contribution in [3.63, 3.8) is 0 Å². The van der Waals surface area contributed by atoms with Crippen LogP contribution in [0.25, 0.3) is 0 Å². The lowest BCUT2D eigenvalue weighted by atomic mass is 9.70. The third-order valence-electron chi connectivity index (χ3n) is 6.40. The summed E-state index contributed by atoms with van der Waals surface area (Å²) in [6, 6.07) is 8.49. The molecular weight excluding hydrogens is 392 g/mol. The van der Waals surface area contributed by atoms with E-state index in [9.17, 15) is 0 Å². The molecule has 4 atom stereocenters. The van der Waals surface area contributed by atoms with Gasteiger partial charge in [-0.1, -0.05) is 64.8 Å². The van der Waals surface area contributed by atoms with E-state index >= 15 is 0 Å². The van der Waals surface area contributed by atoms with Crippen LogP contribution >= 0.6 is 31.9 Å². The van der Waals surface area contributed by atoms with Crippen LogP contribution in [-0.4, -0.2) is 11.4 Å². The fourth-order valence-corrected chi connectivity index (χ4v) is 5.39. The van der Waals surface area contributed by atoms with Crippen molar-refractivity contribution in [3.8, 4) is 0 Å². The highest BCUT2D eigenvalue weighted by molar-refractivity contribution is 9.10. The average Bonchev–Trinajstić information content (AvgIpc) is 2.77. The SMILES string of the molecule is CC1(C)C2CCC1(C)C(OC(CBr)c1cccc(Br)c1)C2. The topological polar surface area (TPSA) is 9.23 Å². The van der Waals surface area contributed by atoms with Crippen molar-refractivity contribution in [2.24, 2.45) is 16.7 Å². The number of rotatable bonds is 4. The first-order chi connectivity index (χ1) is 9.88. The monoisotopic (exact) mass is 414 g/mol. The number of alkyl halides is 1. The van der Waals surface area contributed by atoms with Gasteiger partial charge in [-0.05, 0) is 53.7 Å². The molecule has 1 nitrogen and oxygen atoms in total. The molecule has 0 aliphatic heterocycles. The van der Waals surface area contributed by atoms with Crippen LogP contribution in [0.3, 0.4) is 0 Å². The van der Waals surface area contributed by atoms with Crippen molar-refractivity contribution in [3.05, 3.63) is 34.3 Å². The molecule has 1 aromatic rings. The van der Waals surface area contributed by atoms with Gasteiger partial charge in [0.15, 0.2) is 0 Å². The summed E-state index contributed by atoms with van der Waals surface area (Å²) in [5.41, 5.74) is 1.99. The predicted molar refractivity (Wildman–Crippen MR) is 94.8 cm³/mol. The first-order valence-electron chi connectivity index (χ1n) is 7.85. The van der Waals surface area contributed by atoms with Crippen LogP contribution in [0.1, 0.15) is 51.7 Å². The van der Waals surface area contributed by atoms with Gasteiger partial charge in [-0.3, -0.25) is 0 Å². The molecule has 0 N–H and O–H groups in total. The zero-order chi connectivity index (χ0) is 15.3. The van der Waals surface area contributed by atoms with E-state index in [0.29, 0.717) is 16.9 Å². The minimum atomic E-state index is 0.138. The lowest BCUT2D eigenvalue weighted by Crippen LogP contribution is -2.38. The highest BCUT2D eigenvalue weighted by Crippen LogP contribution is 2.66. The molecule has 2 aliphatic rings. The molecule has 0 heterocycles. The molecule has 0 spiro atoms. The van der Waals surface area contributed by atoms with Crippen LogP contribution in [0, 0.1) is 16.7 Å². The molecule has 0 saturated heterocycles. The molecular formula is C18H24Br2O. The van der Waals surface area contributed by atoms with Gasteiger partial charge in [-0.15, -0.1) is 0 Å². The second-order valence-corrected chi connectivity index (χ2v) is 9.00. The molecule has 2 bridgehead atoms. The van der Waals surface area contributed by atoms with Crippen LogP contribution in [0.5, 0.6) is 0 Å². The minimum absolute atomic E-state index is 0.138. The fraction of sp³-hybridized carbons (Fsp3) is 0.667. The van der Waals surface area contributed by atoms with Crippen molar-refractivity contribution in [1.82, 2.24) is 0 Å². The Morgan fingerprint density at radius 1 is 1.33 bits per heavy atom. The smallest absolute Gasteiger partial charge is 0.0926 e. The van der Waals surface area contributed by atoms with Crippen molar-refractivity contribution >= 4 is 31.9 Å². The number of ether oxygens (including phenoxy) is 1. The molecule has 21 heavy (non-hydrogen) atoms. The quantitative estimate of drug-likeness (QED) is 0.538. The van der Waals surface area contributed by atoms with Gasteiger partial charge in [0, 0.05) is 9.80 Å². The van der Waals surface area contributed by atoms with E-state index in [1.807, 2.05) is 0 Å². The summed E-state index contributed by atoms with van der Waals surface area (Å²) in [7, 11) is 0. The van der Waals surface area contributed by atoms with Gasteiger partial charge in [0.1, 0.15) is 0 Å². The maximum atomic E-state index is 6.61. The Balaban J connectivity index is 1.80. The number of halogens is 2. The summed E-state index contributed by atoms with van der Waals surface area (Å²) in [6.07, 6.45) is 4.43. The number of hydrogen-bond donors (Lipinski definition) is 0. The van der Waals surface area contributed by atoms with E-state index in [4.69, 9.17) is 4.74 Å². The third-order valence-corrected chi connectivity index (χ3v) is 7.48.